The fraction of sp³-hybridized carbons (Fsp3) is 0.750. The molecule has 34 heteroatoms. The van der Waals surface area contributed by atoms with Gasteiger partial charge in [0.05, 0.1) is 31.5 Å². The number of aliphatic carboxylic acids is 2. The van der Waals surface area contributed by atoms with Crippen molar-refractivity contribution in [2.45, 2.75) is 224 Å². The number of nitrogens with one attached hydrogen (secondary N) is 11. The fourth-order valence-electron chi connectivity index (χ4n) is 9.72. The number of hydrogen-bond acceptors (Lipinski definition) is 20. The lowest BCUT2D eigenvalue weighted by Gasteiger charge is -2.32. The van der Waals surface area contributed by atoms with Gasteiger partial charge in [-0.05, 0) is 103 Å². The van der Waals surface area contributed by atoms with Gasteiger partial charge in [0.1, 0.15) is 72.5 Å². The first kappa shape index (κ1) is 78.4. The van der Waals surface area contributed by atoms with E-state index in [1.54, 1.807) is 41.5 Å². The molecule has 0 spiro atoms. The van der Waals surface area contributed by atoms with Crippen LogP contribution in [0.5, 0.6) is 0 Å². The molecule has 0 radical (unpaired) electrons. The average molecular weight is 1290 g/mol. The zero-order chi connectivity index (χ0) is 68.4. The highest BCUT2D eigenvalue weighted by atomic mass is 16.4. The predicted molar refractivity (Wildman–Crippen MR) is 316 cm³/mol. The van der Waals surface area contributed by atoms with Crippen molar-refractivity contribution in [2.24, 2.45) is 23.5 Å². The van der Waals surface area contributed by atoms with Gasteiger partial charge in [0.2, 0.25) is 70.9 Å². The molecule has 20 N–H and O–H groups in total. The van der Waals surface area contributed by atoms with Crippen LogP contribution in [0.2, 0.25) is 0 Å². The Balaban J connectivity index is 2.56. The molecule has 2 rings (SSSR count). The van der Waals surface area contributed by atoms with Crippen molar-refractivity contribution < 1.29 is 103 Å². The number of nitrogens with two attached hydrogens (primary N) is 1. The van der Waals surface area contributed by atoms with Gasteiger partial charge < -0.3 is 105 Å². The topological polar surface area (TPSA) is 542 Å². The molecule has 0 aromatic rings. The first-order chi connectivity index (χ1) is 42.1. The van der Waals surface area contributed by atoms with Gasteiger partial charge in [-0.1, -0.05) is 41.5 Å². The molecular formula is C56H95N13O21. The van der Waals surface area contributed by atoms with Crippen LogP contribution in [0.4, 0.5) is 0 Å². The lowest BCUT2D eigenvalue weighted by atomic mass is 9.98. The van der Waals surface area contributed by atoms with Gasteiger partial charge in [-0.25, -0.2) is 4.79 Å². The van der Waals surface area contributed by atoms with E-state index in [1.165, 1.54) is 6.92 Å². The number of likely N-dealkylation sites (tertiary alicyclic amines) is 1. The molecule has 2 fully saturated rings. The zero-order valence-electron chi connectivity index (χ0n) is 52.4. The van der Waals surface area contributed by atoms with Crippen molar-refractivity contribution >= 4 is 82.8 Å². The number of carbonyl (C=O) groups is 14. The van der Waals surface area contributed by atoms with E-state index >= 15 is 0 Å². The molecular weight excluding hydrogens is 1190 g/mol. The van der Waals surface area contributed by atoms with Gasteiger partial charge in [0.25, 0.3) is 0 Å². The Hall–Kier alpha value is -7.66. The minimum Gasteiger partial charge on any atom is -0.481 e. The van der Waals surface area contributed by atoms with Gasteiger partial charge in [-0.3, -0.25) is 62.3 Å². The SMILES string of the molecule is CC(C)CC(NC(=O)[C@@H](NC(=O)[C@@H](NC(=O)[C@H](CC(C)C)NC(=O)[C@@H]1CCCN1C(=O)[C@@H](NC(=O)[C@@H]1CCC(=O)N[C@@H]([C@@H](C)O)C(=O)N[C@H](CO)C(=O)N[C@@H](CCC(=O)O)C(=O)N[C@@H](CCCCN)C(=O)N[C@@H](CO)C(=O)N1)[C@@H](C)O)C(C)C)[C@@H](C)O)C(=O)O. The van der Waals surface area contributed by atoms with Gasteiger partial charge in [0, 0.05) is 19.4 Å². The molecule has 0 saturated carbocycles. The lowest BCUT2D eigenvalue weighted by molar-refractivity contribution is -0.145. The van der Waals surface area contributed by atoms with Crippen LogP contribution in [0.15, 0.2) is 0 Å². The third kappa shape index (κ3) is 25.3. The Morgan fingerprint density at radius 2 is 1.06 bits per heavy atom. The van der Waals surface area contributed by atoms with Crippen molar-refractivity contribution in [3.8, 4) is 0 Å². The van der Waals surface area contributed by atoms with E-state index in [4.69, 9.17) is 5.73 Å². The van der Waals surface area contributed by atoms with Crippen LogP contribution in [0.3, 0.4) is 0 Å². The number of carboxylic acids is 2. The molecule has 510 valence electrons. The number of aliphatic hydroxyl groups is 5. The number of carboxylic acid groups (broad SMARTS) is 2. The van der Waals surface area contributed by atoms with E-state index < -0.39 is 218 Å². The van der Waals surface area contributed by atoms with Crippen LogP contribution in [-0.2, 0) is 67.1 Å². The van der Waals surface area contributed by atoms with Crippen LogP contribution >= 0.6 is 0 Å². The van der Waals surface area contributed by atoms with Crippen LogP contribution in [0.25, 0.3) is 0 Å². The molecule has 15 atom stereocenters. The Morgan fingerprint density at radius 1 is 0.556 bits per heavy atom. The second-order valence-corrected chi connectivity index (χ2v) is 23.8. The molecule has 0 aromatic carbocycles. The first-order valence-electron chi connectivity index (χ1n) is 30.1. The number of aliphatic hydroxyl groups excluding tert-OH is 5. The maximum Gasteiger partial charge on any atom is 0.326 e. The first-order valence-corrected chi connectivity index (χ1v) is 30.1. The van der Waals surface area contributed by atoms with Gasteiger partial charge >= 0.3 is 11.9 Å². The summed E-state index contributed by atoms with van der Waals surface area (Å²) < 4.78 is 0. The molecule has 90 heavy (non-hydrogen) atoms. The Morgan fingerprint density at radius 3 is 1.56 bits per heavy atom. The third-order valence-electron chi connectivity index (χ3n) is 14.7. The number of amides is 12. The smallest absolute Gasteiger partial charge is 0.326 e. The number of carbonyl (C=O) groups excluding carboxylic acids is 12. The summed E-state index contributed by atoms with van der Waals surface area (Å²) in [4.78, 5) is 191. The molecule has 0 bridgehead atoms. The van der Waals surface area contributed by atoms with Crippen molar-refractivity contribution in [2.75, 3.05) is 26.3 Å². The number of hydrogen-bond donors (Lipinski definition) is 19. The second-order valence-electron chi connectivity index (χ2n) is 23.8. The second kappa shape index (κ2) is 38.1. The van der Waals surface area contributed by atoms with Crippen LogP contribution in [0.1, 0.15) is 133 Å². The normalized spacial score (nSPS) is 23.5. The van der Waals surface area contributed by atoms with Crippen LogP contribution in [-0.4, -0.2) is 241 Å². The van der Waals surface area contributed by atoms with E-state index in [2.05, 4.69) is 58.5 Å². The number of unbranched alkanes of at least 4 members (excludes halogenated alkanes) is 1. The maximum absolute atomic E-state index is 14.5. The van der Waals surface area contributed by atoms with E-state index in [0.29, 0.717) is 6.42 Å². The number of nitrogens with zero attached hydrogens (tertiary/aromatic N) is 1. The van der Waals surface area contributed by atoms with Gasteiger partial charge in [-0.15, -0.1) is 0 Å². The minimum atomic E-state index is -1.93. The van der Waals surface area contributed by atoms with Crippen LogP contribution < -0.4 is 64.2 Å². The summed E-state index contributed by atoms with van der Waals surface area (Å²) >= 11 is 0. The standard InChI is InChI=1S/C56H95N13O21/c1-25(2)21-34(48(81)66-41(27(5)6)52(85)67-43(29(8)73)54(87)62-35(56(89)90)22-26(3)4)61-51(84)38-14-12-20-69(38)55(88)44(30(9)74)68-47(80)32-15-17-39(75)65-42(28(7)72)53(86)64-37(24-71)50(83)60-33(16-18-40(76)77)46(79)58-31(13-10-11-19-57)45(78)63-36(23-70)49(82)59-32/h25-38,41-44,70-74H,10-24,57H2,1-9H3,(H,58,79)(H,59,82)(H,60,83)(H,61,84)(H,62,87)(H,63,78)(H,64,86)(H,65,75)(H,66,81)(H,67,85)(H,68,80)(H,76,77)(H,89,90)/t28-,29-,30-,31+,32+,33+,34+,35?,36+,37-,38+,41+,42+,43+,44+/m1/s1. The lowest BCUT2D eigenvalue weighted by Crippen LogP contribution is -2.63. The van der Waals surface area contributed by atoms with Crippen LogP contribution in [0, 0.1) is 17.8 Å². The van der Waals surface area contributed by atoms with E-state index in [-0.39, 0.29) is 63.5 Å². The Labute approximate surface area is 521 Å². The van der Waals surface area contributed by atoms with Gasteiger partial charge in [0.15, 0.2) is 0 Å². The maximum atomic E-state index is 14.5. The van der Waals surface area contributed by atoms with E-state index in [0.717, 1.165) is 18.7 Å². The highest BCUT2D eigenvalue weighted by Crippen LogP contribution is 2.21. The fourth-order valence-corrected chi connectivity index (χ4v) is 9.72. The summed E-state index contributed by atoms with van der Waals surface area (Å²) in [7, 11) is 0. The predicted octanol–water partition coefficient (Wildman–Crippen LogP) is -6.94. The van der Waals surface area contributed by atoms with E-state index in [1.807, 2.05) is 0 Å². The summed E-state index contributed by atoms with van der Waals surface area (Å²) in [5.41, 5.74) is 5.65. The quantitative estimate of drug-likeness (QED) is 0.0310. The third-order valence-corrected chi connectivity index (χ3v) is 14.7. The highest BCUT2D eigenvalue weighted by molar-refractivity contribution is 6.00. The highest BCUT2D eigenvalue weighted by Gasteiger charge is 2.43. The average Bonchev–Trinajstić information content (AvgIpc) is 2.18. The molecule has 0 aliphatic carbocycles. The zero-order valence-corrected chi connectivity index (χ0v) is 52.4. The summed E-state index contributed by atoms with van der Waals surface area (Å²) in [6, 6.07) is -19.9. The molecule has 1 unspecified atom stereocenters. The molecule has 2 aliphatic heterocycles. The largest absolute Gasteiger partial charge is 0.481 e. The molecule has 2 saturated heterocycles. The molecule has 2 heterocycles. The van der Waals surface area contributed by atoms with Crippen molar-refractivity contribution in [3.05, 3.63) is 0 Å². The van der Waals surface area contributed by atoms with E-state index in [9.17, 15) is 103 Å². The minimum absolute atomic E-state index is 0.00194. The monoisotopic (exact) mass is 1290 g/mol. The molecule has 2 aliphatic rings. The van der Waals surface area contributed by atoms with Crippen molar-refractivity contribution in [1.29, 1.82) is 0 Å². The molecule has 0 aromatic heterocycles. The van der Waals surface area contributed by atoms with Crippen molar-refractivity contribution in [1.82, 2.24) is 63.4 Å². The summed E-state index contributed by atoms with van der Waals surface area (Å²) in [5, 5.41) is 97.7. The van der Waals surface area contributed by atoms with Crippen molar-refractivity contribution in [3.63, 3.8) is 0 Å². The number of rotatable bonds is 29. The molecule has 34 nitrogen and oxygen atoms in total. The molecule has 12 amide bonds. The summed E-state index contributed by atoms with van der Waals surface area (Å²) in [5.74, 6) is -17.0. The summed E-state index contributed by atoms with van der Waals surface area (Å²) in [6.07, 6.45) is -7.31. The Bertz CT molecular complexity index is 2520. The summed E-state index contributed by atoms with van der Waals surface area (Å²) in [6.45, 7) is 11.1. The van der Waals surface area contributed by atoms with Gasteiger partial charge in [-0.2, -0.15) is 0 Å². The Kier molecular flexibility index (Phi) is 33.2.